The molecule has 2 aliphatic rings. The van der Waals surface area contributed by atoms with Crippen LogP contribution in [0.1, 0.15) is 46.4 Å². The van der Waals surface area contributed by atoms with Crippen molar-refractivity contribution in [3.8, 4) is 0 Å². The molecule has 1 amide bonds. The molecule has 0 spiro atoms. The number of benzene rings is 1. The number of rotatable bonds is 2. The van der Waals surface area contributed by atoms with Crippen LogP contribution in [0.25, 0.3) is 10.9 Å². The first-order valence-corrected chi connectivity index (χ1v) is 9.45. The van der Waals surface area contributed by atoms with Gasteiger partial charge in [0.2, 0.25) is 0 Å². The lowest BCUT2D eigenvalue weighted by Crippen LogP contribution is -2.61. The quantitative estimate of drug-likeness (QED) is 0.842. The summed E-state index contributed by atoms with van der Waals surface area (Å²) in [7, 11) is 0. The van der Waals surface area contributed by atoms with Crippen molar-refractivity contribution in [1.29, 1.82) is 0 Å². The van der Waals surface area contributed by atoms with Crippen molar-refractivity contribution in [3.05, 3.63) is 40.6 Å². The minimum atomic E-state index is 0.161. The van der Waals surface area contributed by atoms with Gasteiger partial charge in [0.15, 0.2) is 0 Å². The summed E-state index contributed by atoms with van der Waals surface area (Å²) in [5, 5.41) is 0.995. The monoisotopic (exact) mass is 337 g/mol. The molecule has 1 aromatic carbocycles. The molecule has 25 heavy (non-hydrogen) atoms. The Kier molecular flexibility index (Phi) is 4.24. The average molecular weight is 337 g/mol. The van der Waals surface area contributed by atoms with Crippen LogP contribution < -0.4 is 0 Å². The summed E-state index contributed by atoms with van der Waals surface area (Å²) in [6, 6.07) is 6.75. The third kappa shape index (κ3) is 3.04. The van der Waals surface area contributed by atoms with E-state index in [9.17, 15) is 4.79 Å². The van der Waals surface area contributed by atoms with Gasteiger partial charge in [0.25, 0.3) is 5.91 Å². The van der Waals surface area contributed by atoms with Crippen LogP contribution in [0.5, 0.6) is 0 Å². The molecular weight excluding hydrogens is 310 g/mol. The molecule has 0 unspecified atom stereocenters. The summed E-state index contributed by atoms with van der Waals surface area (Å²) in [5.74, 6) is 0.161. The number of hydrogen-bond acceptors (Lipinski definition) is 3. The topological polar surface area (TPSA) is 36.4 Å². The van der Waals surface area contributed by atoms with Gasteiger partial charge in [-0.05, 0) is 64.4 Å². The van der Waals surface area contributed by atoms with Crippen LogP contribution in [-0.4, -0.2) is 52.9 Å². The van der Waals surface area contributed by atoms with Gasteiger partial charge in [-0.25, -0.2) is 0 Å². The first-order chi connectivity index (χ1) is 12.0. The number of likely N-dealkylation sites (tertiary alicyclic amines) is 2. The maximum Gasteiger partial charge on any atom is 0.254 e. The summed E-state index contributed by atoms with van der Waals surface area (Å²) in [6.45, 7) is 10.3. The zero-order valence-electron chi connectivity index (χ0n) is 15.5. The van der Waals surface area contributed by atoms with Crippen LogP contribution in [0.15, 0.2) is 18.2 Å². The number of aromatic nitrogens is 1. The maximum absolute atomic E-state index is 13.1. The largest absolute Gasteiger partial charge is 0.335 e. The molecule has 0 bridgehead atoms. The van der Waals surface area contributed by atoms with Gasteiger partial charge in [0.05, 0.1) is 11.1 Å². The SMILES string of the molecule is Cc1cc(C)c2nc(C)cc(C(=O)N3CC(N4CCCCC4)C3)c2c1. The highest BCUT2D eigenvalue weighted by molar-refractivity contribution is 6.07. The summed E-state index contributed by atoms with van der Waals surface area (Å²) in [4.78, 5) is 22.4. The molecule has 1 aromatic heterocycles. The smallest absolute Gasteiger partial charge is 0.254 e. The first kappa shape index (κ1) is 16.5. The van der Waals surface area contributed by atoms with Crippen molar-refractivity contribution in [2.24, 2.45) is 0 Å². The normalized spacial score (nSPS) is 19.2. The Labute approximate surface area is 149 Å². The van der Waals surface area contributed by atoms with Crippen molar-refractivity contribution in [1.82, 2.24) is 14.8 Å². The molecule has 3 heterocycles. The van der Waals surface area contributed by atoms with Gasteiger partial charge in [-0.2, -0.15) is 0 Å². The summed E-state index contributed by atoms with van der Waals surface area (Å²) < 4.78 is 0. The van der Waals surface area contributed by atoms with Crippen LogP contribution in [0.3, 0.4) is 0 Å². The standard InChI is InChI=1S/C21H27N3O/c1-14-9-15(2)20-18(10-14)19(11-16(3)22-20)21(25)24-12-17(13-24)23-7-5-4-6-8-23/h9-11,17H,4-8,12-13H2,1-3H3. The Balaban J connectivity index is 1.59. The van der Waals surface area contributed by atoms with Crippen LogP contribution in [-0.2, 0) is 0 Å². The van der Waals surface area contributed by atoms with Crippen LogP contribution in [0.2, 0.25) is 0 Å². The number of carbonyl (C=O) groups is 1. The van der Waals surface area contributed by atoms with Gasteiger partial charge in [-0.1, -0.05) is 18.1 Å². The van der Waals surface area contributed by atoms with Gasteiger partial charge in [-0.3, -0.25) is 14.7 Å². The molecule has 132 valence electrons. The van der Waals surface area contributed by atoms with Gasteiger partial charge >= 0.3 is 0 Å². The second-order valence-electron chi connectivity index (χ2n) is 7.75. The van der Waals surface area contributed by atoms with E-state index in [-0.39, 0.29) is 5.91 Å². The molecular formula is C21H27N3O. The zero-order valence-corrected chi connectivity index (χ0v) is 15.5. The van der Waals surface area contributed by atoms with E-state index in [4.69, 9.17) is 0 Å². The summed E-state index contributed by atoms with van der Waals surface area (Å²) in [6.07, 6.45) is 3.96. The van der Waals surface area contributed by atoms with Crippen LogP contribution >= 0.6 is 0 Å². The average Bonchev–Trinajstić information content (AvgIpc) is 2.54. The van der Waals surface area contributed by atoms with E-state index in [1.807, 2.05) is 17.9 Å². The Bertz CT molecular complexity index is 817. The minimum absolute atomic E-state index is 0.161. The summed E-state index contributed by atoms with van der Waals surface area (Å²) in [5.41, 5.74) is 5.01. The van der Waals surface area contributed by atoms with Gasteiger partial charge in [-0.15, -0.1) is 0 Å². The Morgan fingerprint density at radius 1 is 1.04 bits per heavy atom. The number of fused-ring (bicyclic) bond motifs is 1. The van der Waals surface area contributed by atoms with E-state index in [1.165, 1.54) is 37.9 Å². The fraction of sp³-hybridized carbons (Fsp3) is 0.524. The van der Waals surface area contributed by atoms with Crippen molar-refractivity contribution in [3.63, 3.8) is 0 Å². The molecule has 2 aromatic rings. The Morgan fingerprint density at radius 3 is 2.48 bits per heavy atom. The molecule has 2 fully saturated rings. The molecule has 2 saturated heterocycles. The van der Waals surface area contributed by atoms with Gasteiger partial charge in [0.1, 0.15) is 0 Å². The summed E-state index contributed by atoms with van der Waals surface area (Å²) >= 11 is 0. The predicted molar refractivity (Wildman–Crippen MR) is 101 cm³/mol. The van der Waals surface area contributed by atoms with Crippen molar-refractivity contribution < 1.29 is 4.79 Å². The van der Waals surface area contributed by atoms with Crippen molar-refractivity contribution >= 4 is 16.8 Å². The maximum atomic E-state index is 13.1. The van der Waals surface area contributed by atoms with Crippen LogP contribution in [0.4, 0.5) is 0 Å². The number of hydrogen-bond donors (Lipinski definition) is 0. The number of nitrogens with zero attached hydrogens (tertiary/aromatic N) is 3. The Hall–Kier alpha value is -1.94. The minimum Gasteiger partial charge on any atom is -0.335 e. The highest BCUT2D eigenvalue weighted by Crippen LogP contribution is 2.27. The highest BCUT2D eigenvalue weighted by Gasteiger charge is 2.36. The Morgan fingerprint density at radius 2 is 1.76 bits per heavy atom. The van der Waals surface area contributed by atoms with Crippen molar-refractivity contribution in [2.45, 2.75) is 46.1 Å². The number of carbonyl (C=O) groups excluding carboxylic acids is 1. The number of amides is 1. The second kappa shape index (κ2) is 6.41. The van der Waals surface area contributed by atoms with E-state index in [0.29, 0.717) is 6.04 Å². The predicted octanol–water partition coefficient (Wildman–Crippen LogP) is 3.47. The second-order valence-corrected chi connectivity index (χ2v) is 7.75. The van der Waals surface area contributed by atoms with Crippen molar-refractivity contribution in [2.75, 3.05) is 26.2 Å². The molecule has 0 atom stereocenters. The molecule has 0 saturated carbocycles. The van der Waals surface area contributed by atoms with E-state index >= 15 is 0 Å². The first-order valence-electron chi connectivity index (χ1n) is 9.45. The van der Waals surface area contributed by atoms with E-state index in [0.717, 1.165) is 40.8 Å². The highest BCUT2D eigenvalue weighted by atomic mass is 16.2. The third-order valence-electron chi connectivity index (χ3n) is 5.66. The molecule has 4 heteroatoms. The van der Waals surface area contributed by atoms with Gasteiger partial charge < -0.3 is 4.90 Å². The fourth-order valence-electron chi connectivity index (χ4n) is 4.29. The lowest BCUT2D eigenvalue weighted by molar-refractivity contribution is 0.0205. The molecule has 4 rings (SSSR count). The molecule has 0 N–H and O–H groups in total. The lowest BCUT2D eigenvalue weighted by Gasteiger charge is -2.46. The van der Waals surface area contributed by atoms with Crippen LogP contribution in [0, 0.1) is 20.8 Å². The lowest BCUT2D eigenvalue weighted by atomic mass is 9.98. The van der Waals surface area contributed by atoms with Gasteiger partial charge in [0, 0.05) is 30.2 Å². The molecule has 2 aliphatic heterocycles. The number of piperidine rings is 1. The molecule has 0 aliphatic carbocycles. The number of aryl methyl sites for hydroxylation is 3. The fourth-order valence-corrected chi connectivity index (χ4v) is 4.29. The molecule has 0 radical (unpaired) electrons. The number of pyridine rings is 1. The van der Waals surface area contributed by atoms with E-state index in [2.05, 4.69) is 35.9 Å². The zero-order chi connectivity index (χ0) is 17.6. The third-order valence-corrected chi connectivity index (χ3v) is 5.66. The van der Waals surface area contributed by atoms with E-state index in [1.54, 1.807) is 0 Å². The van der Waals surface area contributed by atoms with E-state index < -0.39 is 0 Å². The molecule has 4 nitrogen and oxygen atoms in total.